The van der Waals surface area contributed by atoms with Crippen molar-refractivity contribution in [3.63, 3.8) is 0 Å². The molecule has 5 heteroatoms. The Morgan fingerprint density at radius 2 is 2.33 bits per heavy atom. The fraction of sp³-hybridized carbons (Fsp3) is 0.143. The van der Waals surface area contributed by atoms with Crippen molar-refractivity contribution in [2.75, 3.05) is 7.11 Å². The SMILES string of the molecule is COc1ccc(N=[N+]=[N-])cc1I. The summed E-state index contributed by atoms with van der Waals surface area (Å²) in [6.07, 6.45) is 0. The lowest BCUT2D eigenvalue weighted by Crippen LogP contribution is -1.84. The molecule has 0 unspecified atom stereocenters. The van der Waals surface area contributed by atoms with Gasteiger partial charge in [0.1, 0.15) is 5.75 Å². The predicted octanol–water partition coefficient (Wildman–Crippen LogP) is 3.24. The normalized spacial score (nSPS) is 8.83. The van der Waals surface area contributed by atoms with E-state index in [0.717, 1.165) is 9.32 Å². The first-order valence-electron chi connectivity index (χ1n) is 3.16. The number of nitrogens with zero attached hydrogens (tertiary/aromatic N) is 3. The van der Waals surface area contributed by atoms with Crippen LogP contribution in [-0.2, 0) is 0 Å². The van der Waals surface area contributed by atoms with E-state index >= 15 is 0 Å². The summed E-state index contributed by atoms with van der Waals surface area (Å²) in [6.45, 7) is 0. The topological polar surface area (TPSA) is 58.0 Å². The lowest BCUT2D eigenvalue weighted by molar-refractivity contribution is 0.412. The highest BCUT2D eigenvalue weighted by Gasteiger charge is 1.98. The van der Waals surface area contributed by atoms with Crippen LogP contribution in [0.1, 0.15) is 0 Å². The molecule has 12 heavy (non-hydrogen) atoms. The third kappa shape index (κ3) is 2.02. The summed E-state index contributed by atoms with van der Waals surface area (Å²) in [5, 5.41) is 3.46. The number of ether oxygens (including phenoxy) is 1. The molecule has 0 radical (unpaired) electrons. The van der Waals surface area contributed by atoms with Crippen molar-refractivity contribution in [3.8, 4) is 5.75 Å². The second kappa shape index (κ2) is 4.18. The molecule has 62 valence electrons. The maximum atomic E-state index is 8.16. The van der Waals surface area contributed by atoms with Gasteiger partial charge in [0.15, 0.2) is 0 Å². The first-order valence-corrected chi connectivity index (χ1v) is 4.24. The average Bonchev–Trinajstić information content (AvgIpc) is 2.05. The lowest BCUT2D eigenvalue weighted by atomic mass is 10.3. The molecule has 0 aliphatic heterocycles. The Hall–Kier alpha value is -0.940. The standard InChI is InChI=1S/C7H6IN3O/c1-12-7-3-2-5(10-11-9)4-6(7)8/h2-4H,1H3. The highest BCUT2D eigenvalue weighted by atomic mass is 127. The Morgan fingerprint density at radius 1 is 1.58 bits per heavy atom. The van der Waals surface area contributed by atoms with E-state index < -0.39 is 0 Å². The van der Waals surface area contributed by atoms with Gasteiger partial charge in [0.2, 0.25) is 0 Å². The van der Waals surface area contributed by atoms with E-state index in [4.69, 9.17) is 10.3 Å². The van der Waals surface area contributed by atoms with Crippen molar-refractivity contribution in [3.05, 3.63) is 32.2 Å². The van der Waals surface area contributed by atoms with Gasteiger partial charge < -0.3 is 4.74 Å². The van der Waals surface area contributed by atoms with E-state index in [9.17, 15) is 0 Å². The van der Waals surface area contributed by atoms with Crippen LogP contribution in [0, 0.1) is 3.57 Å². The number of benzene rings is 1. The summed E-state index contributed by atoms with van der Waals surface area (Å²) < 4.78 is 5.97. The van der Waals surface area contributed by atoms with Crippen molar-refractivity contribution in [1.82, 2.24) is 0 Å². The Kier molecular flexibility index (Phi) is 3.19. The molecule has 0 amide bonds. The number of halogens is 1. The molecule has 0 aromatic heterocycles. The third-order valence-electron chi connectivity index (χ3n) is 1.30. The van der Waals surface area contributed by atoms with Crippen molar-refractivity contribution in [2.45, 2.75) is 0 Å². The van der Waals surface area contributed by atoms with E-state index in [1.807, 2.05) is 0 Å². The zero-order valence-electron chi connectivity index (χ0n) is 6.36. The van der Waals surface area contributed by atoms with E-state index in [1.54, 1.807) is 25.3 Å². The van der Waals surface area contributed by atoms with Crippen LogP contribution in [-0.4, -0.2) is 7.11 Å². The maximum absolute atomic E-state index is 8.16. The first kappa shape index (κ1) is 9.15. The summed E-state index contributed by atoms with van der Waals surface area (Å²) in [7, 11) is 1.60. The zero-order chi connectivity index (χ0) is 8.97. The van der Waals surface area contributed by atoms with E-state index in [1.165, 1.54) is 0 Å². The third-order valence-corrected chi connectivity index (χ3v) is 2.14. The summed E-state index contributed by atoms with van der Waals surface area (Å²) in [5.74, 6) is 0.785. The molecule has 1 rings (SSSR count). The minimum Gasteiger partial charge on any atom is -0.496 e. The van der Waals surface area contributed by atoms with Gasteiger partial charge in [-0.1, -0.05) is 5.11 Å². The van der Waals surface area contributed by atoms with Gasteiger partial charge in [0.05, 0.1) is 10.7 Å². The highest BCUT2D eigenvalue weighted by Crippen LogP contribution is 2.25. The van der Waals surface area contributed by atoms with E-state index in [2.05, 4.69) is 32.6 Å². The average molecular weight is 275 g/mol. The molecule has 0 fully saturated rings. The molecular formula is C7H6IN3O. The second-order valence-electron chi connectivity index (χ2n) is 2.01. The van der Waals surface area contributed by atoms with Crippen LogP contribution in [0.4, 0.5) is 5.69 Å². The molecule has 0 saturated heterocycles. The van der Waals surface area contributed by atoms with Crippen molar-refractivity contribution < 1.29 is 4.74 Å². The Balaban J connectivity index is 3.09. The largest absolute Gasteiger partial charge is 0.496 e. The van der Waals surface area contributed by atoms with Gasteiger partial charge in [-0.05, 0) is 46.3 Å². The predicted molar refractivity (Wildman–Crippen MR) is 54.5 cm³/mol. The van der Waals surface area contributed by atoms with Gasteiger partial charge >= 0.3 is 0 Å². The molecule has 0 N–H and O–H groups in total. The molecule has 0 aliphatic rings. The van der Waals surface area contributed by atoms with E-state index in [0.29, 0.717) is 5.69 Å². The quantitative estimate of drug-likeness (QED) is 0.354. The zero-order valence-corrected chi connectivity index (χ0v) is 8.52. The number of hydrogen-bond donors (Lipinski definition) is 0. The van der Waals surface area contributed by atoms with Crippen LogP contribution in [0.25, 0.3) is 10.4 Å². The number of methoxy groups -OCH3 is 1. The van der Waals surface area contributed by atoms with Gasteiger partial charge in [-0.2, -0.15) is 0 Å². The molecule has 0 bridgehead atoms. The second-order valence-corrected chi connectivity index (χ2v) is 3.17. The van der Waals surface area contributed by atoms with Gasteiger partial charge in [0, 0.05) is 10.6 Å². The minimum atomic E-state index is 0.600. The Bertz CT molecular complexity index is 333. The molecule has 1 aromatic carbocycles. The summed E-state index contributed by atoms with van der Waals surface area (Å²) in [4.78, 5) is 2.68. The van der Waals surface area contributed by atoms with Crippen LogP contribution in [0.5, 0.6) is 5.75 Å². The highest BCUT2D eigenvalue weighted by molar-refractivity contribution is 14.1. The number of azide groups is 1. The fourth-order valence-electron chi connectivity index (χ4n) is 0.769. The Labute approximate surface area is 83.3 Å². The molecule has 0 spiro atoms. The molecule has 0 saturated carbocycles. The van der Waals surface area contributed by atoms with E-state index in [-0.39, 0.29) is 0 Å². The minimum absolute atomic E-state index is 0.600. The summed E-state index contributed by atoms with van der Waals surface area (Å²) in [5.41, 5.74) is 8.76. The molecule has 4 nitrogen and oxygen atoms in total. The van der Waals surface area contributed by atoms with Gasteiger partial charge in [-0.15, -0.1) is 0 Å². The number of hydrogen-bond acceptors (Lipinski definition) is 2. The van der Waals surface area contributed by atoms with Gasteiger partial charge in [-0.3, -0.25) is 0 Å². The molecule has 0 aliphatic carbocycles. The molecule has 0 heterocycles. The summed E-state index contributed by atoms with van der Waals surface area (Å²) in [6, 6.07) is 5.24. The monoisotopic (exact) mass is 275 g/mol. The van der Waals surface area contributed by atoms with Crippen molar-refractivity contribution >= 4 is 28.3 Å². The van der Waals surface area contributed by atoms with Gasteiger partial charge in [0.25, 0.3) is 0 Å². The maximum Gasteiger partial charge on any atom is 0.132 e. The molecular weight excluding hydrogens is 269 g/mol. The van der Waals surface area contributed by atoms with Crippen LogP contribution >= 0.6 is 22.6 Å². The molecule has 1 aromatic rings. The number of rotatable bonds is 2. The smallest absolute Gasteiger partial charge is 0.132 e. The van der Waals surface area contributed by atoms with Crippen LogP contribution in [0.15, 0.2) is 23.3 Å². The van der Waals surface area contributed by atoms with Crippen LogP contribution in [0.2, 0.25) is 0 Å². The van der Waals surface area contributed by atoms with Crippen LogP contribution < -0.4 is 4.74 Å². The van der Waals surface area contributed by atoms with Crippen molar-refractivity contribution in [1.29, 1.82) is 0 Å². The lowest BCUT2D eigenvalue weighted by Gasteiger charge is -2.02. The fourth-order valence-corrected chi connectivity index (χ4v) is 1.49. The van der Waals surface area contributed by atoms with Crippen molar-refractivity contribution in [2.24, 2.45) is 5.11 Å². The summed E-state index contributed by atoms with van der Waals surface area (Å²) >= 11 is 2.12. The van der Waals surface area contributed by atoms with Crippen LogP contribution in [0.3, 0.4) is 0 Å². The van der Waals surface area contributed by atoms with Gasteiger partial charge in [-0.25, -0.2) is 0 Å². The first-order chi connectivity index (χ1) is 5.77. The Morgan fingerprint density at radius 3 is 2.83 bits per heavy atom. The molecule has 0 atom stereocenters.